The van der Waals surface area contributed by atoms with Gasteiger partial charge >= 0.3 is 0 Å². The van der Waals surface area contributed by atoms with E-state index in [1.807, 2.05) is 0 Å². The average Bonchev–Trinajstić information content (AvgIpc) is 3.13. The van der Waals surface area contributed by atoms with Crippen LogP contribution in [-0.2, 0) is 11.2 Å². The van der Waals surface area contributed by atoms with Crippen molar-refractivity contribution in [2.24, 2.45) is 0 Å². The molecule has 0 radical (unpaired) electrons. The Morgan fingerprint density at radius 2 is 2.36 bits per heavy atom. The molecule has 0 bridgehead atoms. The number of carbonyl (C=O) groups is 1. The van der Waals surface area contributed by atoms with Crippen LogP contribution in [0.1, 0.15) is 12.1 Å². The fourth-order valence-corrected chi connectivity index (χ4v) is 2.80. The number of halogens is 2. The summed E-state index contributed by atoms with van der Waals surface area (Å²) in [7, 11) is 0. The summed E-state index contributed by atoms with van der Waals surface area (Å²) in [5.41, 5.74) is 1.66. The number of aromatic amines is 1. The van der Waals surface area contributed by atoms with Crippen molar-refractivity contribution in [3.63, 3.8) is 0 Å². The second-order valence-corrected chi connectivity index (χ2v) is 5.76. The molecule has 7 heteroatoms. The highest BCUT2D eigenvalue weighted by Gasteiger charge is 2.24. The van der Waals surface area contributed by atoms with Gasteiger partial charge in [-0.3, -0.25) is 9.89 Å². The largest absolute Gasteiger partial charge is 0.369 e. The predicted molar refractivity (Wildman–Crippen MR) is 82.5 cm³/mol. The lowest BCUT2D eigenvalue weighted by atomic mass is 10.2. The Hall–Kier alpha value is -2.08. The molecule has 2 N–H and O–H groups in total. The Kier molecular flexibility index (Phi) is 4.29. The summed E-state index contributed by atoms with van der Waals surface area (Å²) in [5, 5.41) is 9.71. The standard InChI is InChI=1S/C15H16ClFN4O/c16-13-8-12(1-2-14(13)17)21-6-4-11(9-21)19-15(22)7-10-3-5-18-20-10/h1-3,5,8,11H,4,6-7,9H2,(H,18,20)(H,19,22). The number of nitrogens with one attached hydrogen (secondary N) is 2. The fourth-order valence-electron chi connectivity index (χ4n) is 2.63. The number of aromatic nitrogens is 2. The number of benzene rings is 1. The quantitative estimate of drug-likeness (QED) is 0.906. The van der Waals surface area contributed by atoms with E-state index in [9.17, 15) is 9.18 Å². The van der Waals surface area contributed by atoms with Crippen molar-refractivity contribution in [3.8, 4) is 0 Å². The third-order valence-electron chi connectivity index (χ3n) is 3.73. The van der Waals surface area contributed by atoms with Gasteiger partial charge in [-0.2, -0.15) is 5.10 Å². The third kappa shape index (κ3) is 3.39. The molecule has 0 aliphatic carbocycles. The van der Waals surface area contributed by atoms with Gasteiger partial charge in [0.05, 0.1) is 11.4 Å². The fraction of sp³-hybridized carbons (Fsp3) is 0.333. The van der Waals surface area contributed by atoms with Gasteiger partial charge < -0.3 is 10.2 Å². The number of hydrogen-bond acceptors (Lipinski definition) is 3. The Bertz CT molecular complexity index is 662. The molecule has 1 aromatic heterocycles. The molecule has 116 valence electrons. The first kappa shape index (κ1) is 14.8. The van der Waals surface area contributed by atoms with E-state index < -0.39 is 5.82 Å². The van der Waals surface area contributed by atoms with E-state index in [0.29, 0.717) is 13.0 Å². The summed E-state index contributed by atoms with van der Waals surface area (Å²) >= 11 is 5.81. The van der Waals surface area contributed by atoms with Gasteiger partial charge in [0.15, 0.2) is 0 Å². The van der Waals surface area contributed by atoms with E-state index in [-0.39, 0.29) is 17.0 Å². The van der Waals surface area contributed by atoms with Crippen LogP contribution in [0.15, 0.2) is 30.5 Å². The van der Waals surface area contributed by atoms with Crippen LogP contribution in [0.25, 0.3) is 0 Å². The van der Waals surface area contributed by atoms with Crippen LogP contribution in [0.4, 0.5) is 10.1 Å². The lowest BCUT2D eigenvalue weighted by Crippen LogP contribution is -2.38. The zero-order chi connectivity index (χ0) is 15.5. The Labute approximate surface area is 132 Å². The minimum Gasteiger partial charge on any atom is -0.369 e. The number of hydrogen-bond donors (Lipinski definition) is 2. The molecule has 3 rings (SSSR count). The lowest BCUT2D eigenvalue weighted by Gasteiger charge is -2.19. The maximum absolute atomic E-state index is 13.2. The molecule has 1 saturated heterocycles. The van der Waals surface area contributed by atoms with E-state index in [1.165, 1.54) is 6.07 Å². The van der Waals surface area contributed by atoms with Crippen LogP contribution in [0.2, 0.25) is 5.02 Å². The van der Waals surface area contributed by atoms with Gasteiger partial charge in [-0.1, -0.05) is 11.6 Å². The topological polar surface area (TPSA) is 61.0 Å². The number of nitrogens with zero attached hydrogens (tertiary/aromatic N) is 2. The Morgan fingerprint density at radius 1 is 1.50 bits per heavy atom. The van der Waals surface area contributed by atoms with Crippen LogP contribution in [0.5, 0.6) is 0 Å². The van der Waals surface area contributed by atoms with Crippen molar-refractivity contribution < 1.29 is 9.18 Å². The highest BCUT2D eigenvalue weighted by molar-refractivity contribution is 6.31. The second-order valence-electron chi connectivity index (χ2n) is 5.36. The maximum Gasteiger partial charge on any atom is 0.226 e. The van der Waals surface area contributed by atoms with E-state index in [2.05, 4.69) is 20.4 Å². The summed E-state index contributed by atoms with van der Waals surface area (Å²) in [4.78, 5) is 14.0. The zero-order valence-corrected chi connectivity index (χ0v) is 12.6. The Morgan fingerprint density at radius 3 is 3.09 bits per heavy atom. The van der Waals surface area contributed by atoms with Gasteiger partial charge in [0.2, 0.25) is 5.91 Å². The monoisotopic (exact) mass is 322 g/mol. The molecule has 0 saturated carbocycles. The summed E-state index contributed by atoms with van der Waals surface area (Å²) in [6, 6.07) is 6.55. The first-order valence-corrected chi connectivity index (χ1v) is 7.47. The summed E-state index contributed by atoms with van der Waals surface area (Å²) in [6.07, 6.45) is 2.76. The van der Waals surface area contributed by atoms with Crippen molar-refractivity contribution in [1.29, 1.82) is 0 Å². The smallest absolute Gasteiger partial charge is 0.226 e. The predicted octanol–water partition coefficient (Wildman–Crippen LogP) is 2.14. The normalized spacial score (nSPS) is 17.7. The van der Waals surface area contributed by atoms with E-state index in [0.717, 1.165) is 24.3 Å². The molecule has 5 nitrogen and oxygen atoms in total. The van der Waals surface area contributed by atoms with Gasteiger partial charge in [0.1, 0.15) is 5.82 Å². The Balaban J connectivity index is 1.55. The van der Waals surface area contributed by atoms with Gasteiger partial charge in [0.25, 0.3) is 0 Å². The molecule has 22 heavy (non-hydrogen) atoms. The third-order valence-corrected chi connectivity index (χ3v) is 4.02. The first-order chi connectivity index (χ1) is 10.6. The van der Waals surface area contributed by atoms with Gasteiger partial charge in [-0.25, -0.2) is 4.39 Å². The number of anilines is 1. The average molecular weight is 323 g/mol. The van der Waals surface area contributed by atoms with E-state index >= 15 is 0 Å². The van der Waals surface area contributed by atoms with Gasteiger partial charge in [-0.05, 0) is 30.7 Å². The number of H-pyrrole nitrogens is 1. The van der Waals surface area contributed by atoms with Crippen molar-refractivity contribution in [2.45, 2.75) is 18.9 Å². The van der Waals surface area contributed by atoms with Crippen LogP contribution in [0.3, 0.4) is 0 Å². The van der Waals surface area contributed by atoms with Crippen LogP contribution in [-0.4, -0.2) is 35.2 Å². The molecule has 1 aliphatic heterocycles. The molecule has 0 spiro atoms. The number of carbonyl (C=O) groups excluding carboxylic acids is 1. The summed E-state index contributed by atoms with van der Waals surface area (Å²) in [5.74, 6) is -0.456. The highest BCUT2D eigenvalue weighted by Crippen LogP contribution is 2.25. The molecule has 2 heterocycles. The van der Waals surface area contributed by atoms with Crippen molar-refractivity contribution in [1.82, 2.24) is 15.5 Å². The van der Waals surface area contributed by atoms with Crippen molar-refractivity contribution in [3.05, 3.63) is 47.0 Å². The van der Waals surface area contributed by atoms with Crippen LogP contribution in [0, 0.1) is 5.82 Å². The SMILES string of the molecule is O=C(Cc1ccn[nH]1)NC1CCN(c2ccc(F)c(Cl)c2)C1. The van der Waals surface area contributed by atoms with E-state index in [1.54, 1.807) is 24.4 Å². The highest BCUT2D eigenvalue weighted by atomic mass is 35.5. The van der Waals surface area contributed by atoms with E-state index in [4.69, 9.17) is 11.6 Å². The zero-order valence-electron chi connectivity index (χ0n) is 11.9. The van der Waals surface area contributed by atoms with Crippen LogP contribution >= 0.6 is 11.6 Å². The minimum absolute atomic E-state index is 0.0340. The molecule has 1 aliphatic rings. The van der Waals surface area contributed by atoms with Crippen molar-refractivity contribution in [2.75, 3.05) is 18.0 Å². The molecular formula is C15H16ClFN4O. The van der Waals surface area contributed by atoms with Gasteiger partial charge in [0, 0.05) is 36.7 Å². The summed E-state index contributed by atoms with van der Waals surface area (Å²) < 4.78 is 13.2. The molecule has 1 unspecified atom stereocenters. The molecule has 1 aromatic carbocycles. The molecule has 1 amide bonds. The molecule has 1 fully saturated rings. The molecule has 1 atom stereocenters. The molecular weight excluding hydrogens is 307 g/mol. The van der Waals surface area contributed by atoms with Crippen LogP contribution < -0.4 is 10.2 Å². The number of rotatable bonds is 4. The number of amides is 1. The maximum atomic E-state index is 13.2. The van der Waals surface area contributed by atoms with Crippen molar-refractivity contribution >= 4 is 23.2 Å². The van der Waals surface area contributed by atoms with Gasteiger partial charge in [-0.15, -0.1) is 0 Å². The summed E-state index contributed by atoms with van der Waals surface area (Å²) in [6.45, 7) is 1.49. The molecule has 2 aromatic rings. The first-order valence-electron chi connectivity index (χ1n) is 7.09. The second kappa shape index (κ2) is 6.36. The lowest BCUT2D eigenvalue weighted by molar-refractivity contribution is -0.121. The minimum atomic E-state index is -0.422.